The lowest BCUT2D eigenvalue weighted by molar-refractivity contribution is 0.396. The molecule has 0 aromatic heterocycles. The molecule has 22 heavy (non-hydrogen) atoms. The Labute approximate surface area is 140 Å². The maximum absolute atomic E-state index is 13.0. The van der Waals surface area contributed by atoms with E-state index in [1.54, 1.807) is 22.5 Å². The van der Waals surface area contributed by atoms with Gasteiger partial charge >= 0.3 is 0 Å². The van der Waals surface area contributed by atoms with Gasteiger partial charge in [-0.25, -0.2) is 8.42 Å². The average molecular weight is 380 g/mol. The lowest BCUT2D eigenvalue weighted by Crippen LogP contribution is -2.30. The van der Waals surface area contributed by atoms with Gasteiger partial charge < -0.3 is 0 Å². The molecule has 1 saturated heterocycles. The maximum Gasteiger partial charge on any atom is 0.243 e. The molecule has 2 aromatic carbocycles. The van der Waals surface area contributed by atoms with Crippen LogP contribution >= 0.6 is 15.9 Å². The van der Waals surface area contributed by atoms with E-state index < -0.39 is 10.0 Å². The van der Waals surface area contributed by atoms with Gasteiger partial charge in [-0.1, -0.05) is 46.3 Å². The first kappa shape index (κ1) is 15.7. The van der Waals surface area contributed by atoms with Crippen molar-refractivity contribution < 1.29 is 8.42 Å². The zero-order valence-electron chi connectivity index (χ0n) is 12.4. The first-order chi connectivity index (χ1) is 10.5. The summed E-state index contributed by atoms with van der Waals surface area (Å²) in [5.74, 6) is 0. The first-order valence-corrected chi connectivity index (χ1v) is 9.56. The van der Waals surface area contributed by atoms with E-state index >= 15 is 0 Å². The SMILES string of the molecule is Cc1cc(S(=O)(=O)N2CCCC2c2ccccc2)ccc1Br. The van der Waals surface area contributed by atoms with E-state index in [2.05, 4.69) is 15.9 Å². The standard InChI is InChI=1S/C17H18BrNO2S/c1-13-12-15(9-10-16(13)18)22(20,21)19-11-5-8-17(19)14-6-3-2-4-7-14/h2-4,6-7,9-10,12,17H,5,8,11H2,1H3. The van der Waals surface area contributed by atoms with Gasteiger partial charge in [0.2, 0.25) is 10.0 Å². The molecular formula is C17H18BrNO2S. The molecule has 0 saturated carbocycles. The molecule has 3 nitrogen and oxygen atoms in total. The molecule has 1 unspecified atom stereocenters. The summed E-state index contributed by atoms with van der Waals surface area (Å²) in [6.45, 7) is 2.48. The van der Waals surface area contributed by atoms with Crippen molar-refractivity contribution >= 4 is 26.0 Å². The van der Waals surface area contributed by atoms with Gasteiger partial charge in [0.25, 0.3) is 0 Å². The van der Waals surface area contributed by atoms with Crippen LogP contribution in [0.3, 0.4) is 0 Å². The van der Waals surface area contributed by atoms with Gasteiger partial charge in [0.05, 0.1) is 10.9 Å². The summed E-state index contributed by atoms with van der Waals surface area (Å²) in [5.41, 5.74) is 1.99. The highest BCUT2D eigenvalue weighted by Gasteiger charge is 2.36. The molecule has 1 aliphatic rings. The molecule has 1 fully saturated rings. The third-order valence-electron chi connectivity index (χ3n) is 4.12. The minimum absolute atomic E-state index is 0.0600. The molecule has 0 N–H and O–H groups in total. The van der Waals surface area contributed by atoms with Crippen LogP contribution in [0.15, 0.2) is 57.9 Å². The van der Waals surface area contributed by atoms with Gasteiger partial charge in [0.15, 0.2) is 0 Å². The van der Waals surface area contributed by atoms with Crippen molar-refractivity contribution in [2.45, 2.75) is 30.7 Å². The lowest BCUT2D eigenvalue weighted by atomic mass is 10.1. The van der Waals surface area contributed by atoms with Crippen molar-refractivity contribution in [1.29, 1.82) is 0 Å². The van der Waals surface area contributed by atoms with Crippen LogP contribution < -0.4 is 0 Å². The number of aryl methyl sites for hydroxylation is 1. The Morgan fingerprint density at radius 2 is 1.86 bits per heavy atom. The Kier molecular flexibility index (Phi) is 4.39. The number of hydrogen-bond donors (Lipinski definition) is 0. The Bertz CT molecular complexity index is 775. The fourth-order valence-corrected chi connectivity index (χ4v) is 4.96. The summed E-state index contributed by atoms with van der Waals surface area (Å²) >= 11 is 3.42. The molecule has 2 aromatic rings. The average Bonchev–Trinajstić information content (AvgIpc) is 3.01. The Morgan fingerprint density at radius 3 is 2.55 bits per heavy atom. The van der Waals surface area contributed by atoms with Gasteiger partial charge in [0, 0.05) is 11.0 Å². The van der Waals surface area contributed by atoms with Crippen LogP contribution in [0.25, 0.3) is 0 Å². The van der Waals surface area contributed by atoms with Gasteiger partial charge in [-0.05, 0) is 49.1 Å². The van der Waals surface area contributed by atoms with E-state index in [0.717, 1.165) is 28.4 Å². The largest absolute Gasteiger partial charge is 0.243 e. The monoisotopic (exact) mass is 379 g/mol. The molecule has 5 heteroatoms. The van der Waals surface area contributed by atoms with Crippen LogP contribution in [0.5, 0.6) is 0 Å². The summed E-state index contributed by atoms with van der Waals surface area (Å²) < 4.78 is 28.6. The van der Waals surface area contributed by atoms with Gasteiger partial charge in [-0.3, -0.25) is 0 Å². The highest BCUT2D eigenvalue weighted by atomic mass is 79.9. The van der Waals surface area contributed by atoms with E-state index in [1.807, 2.05) is 37.3 Å². The quantitative estimate of drug-likeness (QED) is 0.797. The summed E-state index contributed by atoms with van der Waals surface area (Å²) in [5, 5.41) is 0. The maximum atomic E-state index is 13.0. The van der Waals surface area contributed by atoms with Gasteiger partial charge in [0.1, 0.15) is 0 Å². The van der Waals surface area contributed by atoms with Crippen LogP contribution in [-0.4, -0.2) is 19.3 Å². The van der Waals surface area contributed by atoms with Crippen LogP contribution in [0.1, 0.15) is 30.0 Å². The van der Waals surface area contributed by atoms with E-state index in [1.165, 1.54) is 0 Å². The lowest BCUT2D eigenvalue weighted by Gasteiger charge is -2.24. The Morgan fingerprint density at radius 1 is 1.14 bits per heavy atom. The fourth-order valence-electron chi connectivity index (χ4n) is 2.95. The van der Waals surface area contributed by atoms with Crippen molar-refractivity contribution in [2.75, 3.05) is 6.54 Å². The molecule has 0 radical (unpaired) electrons. The fraction of sp³-hybridized carbons (Fsp3) is 0.294. The smallest absolute Gasteiger partial charge is 0.207 e. The second-order valence-electron chi connectivity index (χ2n) is 5.60. The van der Waals surface area contributed by atoms with Crippen molar-refractivity contribution in [3.63, 3.8) is 0 Å². The predicted molar refractivity (Wildman–Crippen MR) is 91.2 cm³/mol. The van der Waals surface area contributed by atoms with E-state index in [4.69, 9.17) is 0 Å². The molecule has 3 rings (SSSR count). The number of benzene rings is 2. The molecule has 0 spiro atoms. The summed E-state index contributed by atoms with van der Waals surface area (Å²) in [7, 11) is -3.46. The molecule has 1 atom stereocenters. The molecule has 0 bridgehead atoms. The highest BCUT2D eigenvalue weighted by Crippen LogP contribution is 2.36. The summed E-state index contributed by atoms with van der Waals surface area (Å²) in [6, 6.07) is 15.0. The van der Waals surface area contributed by atoms with Gasteiger partial charge in [-0.2, -0.15) is 4.31 Å². The first-order valence-electron chi connectivity index (χ1n) is 7.33. The molecule has 0 amide bonds. The second kappa shape index (κ2) is 6.14. The topological polar surface area (TPSA) is 37.4 Å². The molecule has 0 aliphatic carbocycles. The zero-order chi connectivity index (χ0) is 15.7. The molecule has 1 heterocycles. The summed E-state index contributed by atoms with van der Waals surface area (Å²) in [4.78, 5) is 0.371. The zero-order valence-corrected chi connectivity index (χ0v) is 14.8. The van der Waals surface area contributed by atoms with Crippen LogP contribution in [-0.2, 0) is 10.0 Å². The molecule has 116 valence electrons. The number of sulfonamides is 1. The Balaban J connectivity index is 1.99. The van der Waals surface area contributed by atoms with E-state index in [-0.39, 0.29) is 6.04 Å². The van der Waals surface area contributed by atoms with Crippen molar-refractivity contribution in [3.8, 4) is 0 Å². The number of nitrogens with zero attached hydrogens (tertiary/aromatic N) is 1. The third kappa shape index (κ3) is 2.85. The third-order valence-corrected chi connectivity index (χ3v) is 6.92. The van der Waals surface area contributed by atoms with Crippen molar-refractivity contribution in [1.82, 2.24) is 4.31 Å². The molecule has 1 aliphatic heterocycles. The van der Waals surface area contributed by atoms with Crippen LogP contribution in [0.2, 0.25) is 0 Å². The van der Waals surface area contributed by atoms with Crippen molar-refractivity contribution in [3.05, 3.63) is 64.1 Å². The Hall–Kier alpha value is -1.17. The normalized spacial score (nSPS) is 19.5. The highest BCUT2D eigenvalue weighted by molar-refractivity contribution is 9.10. The van der Waals surface area contributed by atoms with E-state index in [9.17, 15) is 8.42 Å². The minimum Gasteiger partial charge on any atom is -0.207 e. The predicted octanol–water partition coefficient (Wildman–Crippen LogP) is 4.28. The van der Waals surface area contributed by atoms with E-state index in [0.29, 0.717) is 11.4 Å². The molecular weight excluding hydrogens is 362 g/mol. The van der Waals surface area contributed by atoms with Crippen molar-refractivity contribution in [2.24, 2.45) is 0 Å². The van der Waals surface area contributed by atoms with Crippen LogP contribution in [0, 0.1) is 6.92 Å². The minimum atomic E-state index is -3.46. The number of halogens is 1. The number of rotatable bonds is 3. The summed E-state index contributed by atoms with van der Waals surface area (Å²) in [6.07, 6.45) is 1.77. The van der Waals surface area contributed by atoms with Crippen LogP contribution in [0.4, 0.5) is 0 Å². The van der Waals surface area contributed by atoms with Gasteiger partial charge in [-0.15, -0.1) is 0 Å². The second-order valence-corrected chi connectivity index (χ2v) is 8.34. The number of hydrogen-bond acceptors (Lipinski definition) is 2.